The topological polar surface area (TPSA) is 38.3 Å². The normalized spacial score (nSPS) is 10.2. The van der Waals surface area contributed by atoms with Crippen molar-refractivity contribution in [3.05, 3.63) is 33.8 Å². The van der Waals surface area contributed by atoms with E-state index in [9.17, 15) is 4.79 Å². The Hall–Kier alpha value is -0.770. The van der Waals surface area contributed by atoms with Gasteiger partial charge in [0.15, 0.2) is 0 Å². The number of rotatable bonds is 5. The van der Waals surface area contributed by atoms with E-state index in [2.05, 4.69) is 10.1 Å². The molecule has 1 aromatic rings. The first kappa shape index (κ1) is 13.3. The summed E-state index contributed by atoms with van der Waals surface area (Å²) in [7, 11) is 1.38. The molecule has 88 valence electrons. The van der Waals surface area contributed by atoms with Crippen molar-refractivity contribution in [1.82, 2.24) is 5.32 Å². The van der Waals surface area contributed by atoms with Gasteiger partial charge in [0.25, 0.3) is 0 Å². The maximum absolute atomic E-state index is 10.8. The molecule has 5 heteroatoms. The van der Waals surface area contributed by atoms with E-state index in [1.165, 1.54) is 7.11 Å². The van der Waals surface area contributed by atoms with E-state index in [0.717, 1.165) is 5.56 Å². The molecule has 0 radical (unpaired) electrons. The van der Waals surface area contributed by atoms with E-state index in [1.54, 1.807) is 12.1 Å². The van der Waals surface area contributed by atoms with Gasteiger partial charge in [-0.15, -0.1) is 0 Å². The van der Waals surface area contributed by atoms with Crippen LogP contribution in [0.4, 0.5) is 0 Å². The molecule has 1 N–H and O–H groups in total. The van der Waals surface area contributed by atoms with Crippen LogP contribution in [0.5, 0.6) is 0 Å². The highest BCUT2D eigenvalue weighted by Gasteiger charge is 2.01. The fraction of sp³-hybridized carbons (Fsp3) is 0.364. The number of hydrogen-bond donors (Lipinski definition) is 1. The minimum Gasteiger partial charge on any atom is -0.469 e. The second-order valence-corrected chi connectivity index (χ2v) is 4.07. The van der Waals surface area contributed by atoms with E-state index in [4.69, 9.17) is 23.2 Å². The highest BCUT2D eigenvalue weighted by Crippen LogP contribution is 2.22. The number of ether oxygens (including phenoxy) is 1. The van der Waals surface area contributed by atoms with Crippen molar-refractivity contribution in [2.75, 3.05) is 13.7 Å². The summed E-state index contributed by atoms with van der Waals surface area (Å²) in [6, 6.07) is 5.44. The number of hydrogen-bond acceptors (Lipinski definition) is 3. The molecule has 0 aliphatic carbocycles. The standard InChI is InChI=1S/C11H13Cl2NO2/c1-16-11(15)4-5-14-7-8-2-3-9(12)10(13)6-8/h2-3,6,14H,4-5,7H2,1H3. The molecule has 0 aliphatic rings. The molecule has 0 fully saturated rings. The third kappa shape index (κ3) is 4.39. The van der Waals surface area contributed by atoms with Crippen LogP contribution in [-0.2, 0) is 16.1 Å². The minimum atomic E-state index is -0.221. The molecule has 1 rings (SSSR count). The Labute approximate surface area is 105 Å². The molecule has 3 nitrogen and oxygen atoms in total. The highest BCUT2D eigenvalue weighted by molar-refractivity contribution is 6.42. The lowest BCUT2D eigenvalue weighted by Crippen LogP contribution is -2.18. The van der Waals surface area contributed by atoms with Gasteiger partial charge in [0.05, 0.1) is 23.6 Å². The lowest BCUT2D eigenvalue weighted by atomic mass is 10.2. The van der Waals surface area contributed by atoms with Gasteiger partial charge in [0.1, 0.15) is 0 Å². The summed E-state index contributed by atoms with van der Waals surface area (Å²) in [5, 5.41) is 4.19. The molecule has 1 aromatic carbocycles. The Morgan fingerprint density at radius 3 is 2.75 bits per heavy atom. The SMILES string of the molecule is COC(=O)CCNCc1ccc(Cl)c(Cl)c1. The van der Waals surface area contributed by atoms with Gasteiger partial charge in [-0.25, -0.2) is 0 Å². The lowest BCUT2D eigenvalue weighted by molar-refractivity contribution is -0.140. The number of nitrogens with one attached hydrogen (secondary N) is 1. The lowest BCUT2D eigenvalue weighted by Gasteiger charge is -2.05. The van der Waals surface area contributed by atoms with E-state index < -0.39 is 0 Å². The van der Waals surface area contributed by atoms with Crippen LogP contribution in [-0.4, -0.2) is 19.6 Å². The number of esters is 1. The van der Waals surface area contributed by atoms with Gasteiger partial charge in [0, 0.05) is 13.1 Å². The number of carbonyl (C=O) groups is 1. The van der Waals surface area contributed by atoms with Gasteiger partial charge >= 0.3 is 5.97 Å². The number of benzene rings is 1. The Balaban J connectivity index is 2.32. The predicted octanol–water partition coefficient (Wildman–Crippen LogP) is 2.65. The molecule has 0 spiro atoms. The van der Waals surface area contributed by atoms with Crippen LogP contribution in [0.3, 0.4) is 0 Å². The molecular formula is C11H13Cl2NO2. The van der Waals surface area contributed by atoms with Gasteiger partial charge < -0.3 is 10.1 Å². The van der Waals surface area contributed by atoms with Crippen LogP contribution >= 0.6 is 23.2 Å². The average molecular weight is 262 g/mol. The minimum absolute atomic E-state index is 0.221. The predicted molar refractivity (Wildman–Crippen MR) is 64.8 cm³/mol. The second-order valence-electron chi connectivity index (χ2n) is 3.25. The third-order valence-corrected chi connectivity index (χ3v) is 2.79. The Morgan fingerprint density at radius 2 is 2.12 bits per heavy atom. The molecule has 0 aromatic heterocycles. The van der Waals surface area contributed by atoms with Gasteiger partial charge in [-0.2, -0.15) is 0 Å². The number of halogens is 2. The van der Waals surface area contributed by atoms with Crippen LogP contribution in [0.15, 0.2) is 18.2 Å². The van der Waals surface area contributed by atoms with Crippen LogP contribution in [0.25, 0.3) is 0 Å². The van der Waals surface area contributed by atoms with Crippen LogP contribution in [0.2, 0.25) is 10.0 Å². The van der Waals surface area contributed by atoms with Crippen molar-refractivity contribution in [1.29, 1.82) is 0 Å². The highest BCUT2D eigenvalue weighted by atomic mass is 35.5. The second kappa shape index (κ2) is 6.74. The zero-order chi connectivity index (χ0) is 12.0. The summed E-state index contributed by atoms with van der Waals surface area (Å²) >= 11 is 11.7. The fourth-order valence-corrected chi connectivity index (χ4v) is 1.50. The molecule has 0 heterocycles. The first-order chi connectivity index (χ1) is 7.63. The molecule has 0 unspecified atom stereocenters. The van der Waals surface area contributed by atoms with Crippen molar-refractivity contribution in [3.63, 3.8) is 0 Å². The van der Waals surface area contributed by atoms with Crippen LogP contribution < -0.4 is 5.32 Å². The molecule has 0 atom stereocenters. The molecule has 0 aliphatic heterocycles. The fourth-order valence-electron chi connectivity index (χ4n) is 1.17. The van der Waals surface area contributed by atoms with Crippen molar-refractivity contribution >= 4 is 29.2 Å². The van der Waals surface area contributed by atoms with E-state index in [0.29, 0.717) is 29.6 Å². The Morgan fingerprint density at radius 1 is 1.38 bits per heavy atom. The summed E-state index contributed by atoms with van der Waals surface area (Å²) < 4.78 is 4.52. The Kier molecular flexibility index (Phi) is 5.60. The largest absolute Gasteiger partial charge is 0.469 e. The van der Waals surface area contributed by atoms with Crippen molar-refractivity contribution in [2.45, 2.75) is 13.0 Å². The zero-order valence-electron chi connectivity index (χ0n) is 8.93. The molecule has 0 saturated heterocycles. The summed E-state index contributed by atoms with van der Waals surface area (Å²) in [4.78, 5) is 10.8. The van der Waals surface area contributed by atoms with E-state index in [-0.39, 0.29) is 5.97 Å². The third-order valence-electron chi connectivity index (χ3n) is 2.05. The van der Waals surface area contributed by atoms with Crippen molar-refractivity contribution < 1.29 is 9.53 Å². The maximum atomic E-state index is 10.8. The number of carbonyl (C=O) groups excluding carboxylic acids is 1. The molecule has 16 heavy (non-hydrogen) atoms. The Bertz CT molecular complexity index is 369. The summed E-state index contributed by atoms with van der Waals surface area (Å²) in [5.41, 5.74) is 1.03. The van der Waals surface area contributed by atoms with E-state index in [1.807, 2.05) is 6.07 Å². The van der Waals surface area contributed by atoms with Crippen LogP contribution in [0.1, 0.15) is 12.0 Å². The molecule has 0 bridgehead atoms. The van der Waals surface area contributed by atoms with Crippen LogP contribution in [0, 0.1) is 0 Å². The summed E-state index contributed by atoms with van der Waals surface area (Å²) in [6.07, 6.45) is 0.359. The van der Waals surface area contributed by atoms with Crippen molar-refractivity contribution in [2.24, 2.45) is 0 Å². The van der Waals surface area contributed by atoms with Gasteiger partial charge in [0.2, 0.25) is 0 Å². The smallest absolute Gasteiger partial charge is 0.306 e. The van der Waals surface area contributed by atoms with Crippen molar-refractivity contribution in [3.8, 4) is 0 Å². The van der Waals surface area contributed by atoms with E-state index >= 15 is 0 Å². The maximum Gasteiger partial charge on any atom is 0.306 e. The van der Waals surface area contributed by atoms with Gasteiger partial charge in [-0.05, 0) is 17.7 Å². The monoisotopic (exact) mass is 261 g/mol. The summed E-state index contributed by atoms with van der Waals surface area (Å²) in [6.45, 7) is 1.22. The van der Waals surface area contributed by atoms with Gasteiger partial charge in [-0.1, -0.05) is 29.3 Å². The molecule has 0 saturated carbocycles. The zero-order valence-corrected chi connectivity index (χ0v) is 10.4. The quantitative estimate of drug-likeness (QED) is 0.654. The molecule has 0 amide bonds. The molecular weight excluding hydrogens is 249 g/mol. The summed E-state index contributed by atoms with van der Waals surface area (Å²) in [5.74, 6) is -0.221. The first-order valence-electron chi connectivity index (χ1n) is 4.85. The first-order valence-corrected chi connectivity index (χ1v) is 5.60. The average Bonchev–Trinajstić information content (AvgIpc) is 2.28. The van der Waals surface area contributed by atoms with Gasteiger partial charge in [-0.3, -0.25) is 4.79 Å². The number of methoxy groups -OCH3 is 1.